The van der Waals surface area contributed by atoms with Gasteiger partial charge in [0, 0.05) is 41.3 Å². The van der Waals surface area contributed by atoms with E-state index in [2.05, 4.69) is 0 Å². The van der Waals surface area contributed by atoms with Crippen molar-refractivity contribution in [2.24, 2.45) is 0 Å². The van der Waals surface area contributed by atoms with Crippen LogP contribution in [0.5, 0.6) is 0 Å². The van der Waals surface area contributed by atoms with Crippen LogP contribution in [0.1, 0.15) is 12.8 Å². The van der Waals surface area contributed by atoms with Crippen LogP contribution >= 0.6 is 0 Å². The molecule has 0 radical (unpaired) electrons. The normalized spacial score (nSPS) is 13.5. The maximum Gasteiger partial charge on any atom is 0.389 e. The zero-order valence-electron chi connectivity index (χ0n) is 14.5. The van der Waals surface area contributed by atoms with E-state index in [0.717, 1.165) is 0 Å². The molecule has 0 unspecified atom stereocenters. The fraction of sp³-hybridized carbons (Fsp3) is 1.00. The third-order valence-electron chi connectivity index (χ3n) is 3.15. The standard InChI is InChI=1S/2C6H13F3O2Si/c1-10-12(3,11-2)5-4-6(7,8)9;1-10-5(11-2)12-4-3-6(7,8)9/h4-5H2,1-3H3;5H,3-4,12H2,1-2H3. The highest BCUT2D eigenvalue weighted by atomic mass is 28.4. The number of methoxy groups -OCH3 is 2. The van der Waals surface area contributed by atoms with Gasteiger partial charge < -0.3 is 18.3 Å². The Hall–Kier alpha value is -0.146. The van der Waals surface area contributed by atoms with Crippen molar-refractivity contribution < 1.29 is 44.7 Å². The van der Waals surface area contributed by atoms with Gasteiger partial charge in [-0.05, 0) is 18.6 Å². The Morgan fingerprint density at radius 1 is 0.833 bits per heavy atom. The van der Waals surface area contributed by atoms with E-state index in [1.54, 1.807) is 6.55 Å². The molecule has 0 bridgehead atoms. The van der Waals surface area contributed by atoms with Gasteiger partial charge in [-0.15, -0.1) is 0 Å². The van der Waals surface area contributed by atoms with Gasteiger partial charge in [0.15, 0.2) is 0 Å². The summed E-state index contributed by atoms with van der Waals surface area (Å²) in [6.07, 6.45) is -9.72. The summed E-state index contributed by atoms with van der Waals surface area (Å²) in [6.45, 7) is 1.61. The molecule has 0 N–H and O–H groups in total. The molecule has 0 aromatic heterocycles. The van der Waals surface area contributed by atoms with Crippen molar-refractivity contribution in [3.63, 3.8) is 0 Å². The second-order valence-corrected chi connectivity index (χ2v) is 10.6. The molecule has 0 atom stereocenters. The van der Waals surface area contributed by atoms with Crippen LogP contribution < -0.4 is 0 Å². The highest BCUT2D eigenvalue weighted by Gasteiger charge is 2.36. The molecule has 148 valence electrons. The first-order valence-corrected chi connectivity index (χ1v) is 11.5. The van der Waals surface area contributed by atoms with E-state index in [4.69, 9.17) is 18.3 Å². The molecule has 24 heavy (non-hydrogen) atoms. The molecule has 0 saturated carbocycles. The van der Waals surface area contributed by atoms with Crippen LogP contribution in [-0.4, -0.2) is 64.8 Å². The fourth-order valence-corrected chi connectivity index (χ4v) is 4.18. The summed E-state index contributed by atoms with van der Waals surface area (Å²) in [6, 6.07) is 0.124. The topological polar surface area (TPSA) is 36.9 Å². The lowest BCUT2D eigenvalue weighted by Crippen LogP contribution is -2.37. The van der Waals surface area contributed by atoms with Crippen LogP contribution in [0.15, 0.2) is 0 Å². The minimum Gasteiger partial charge on any atom is -0.398 e. The summed E-state index contributed by atoms with van der Waals surface area (Å²) in [4.78, 5) is 0. The molecule has 0 aromatic rings. The van der Waals surface area contributed by atoms with Gasteiger partial charge >= 0.3 is 20.9 Å². The van der Waals surface area contributed by atoms with Crippen LogP contribution in [0.3, 0.4) is 0 Å². The van der Waals surface area contributed by atoms with Crippen molar-refractivity contribution >= 4 is 18.1 Å². The largest absolute Gasteiger partial charge is 0.398 e. The Morgan fingerprint density at radius 2 is 1.25 bits per heavy atom. The smallest absolute Gasteiger partial charge is 0.389 e. The van der Waals surface area contributed by atoms with Crippen molar-refractivity contribution in [1.82, 2.24) is 0 Å². The van der Waals surface area contributed by atoms with Gasteiger partial charge in [-0.1, -0.05) is 0 Å². The SMILES string of the molecule is COC(OC)[SiH2]CCC(F)(F)F.CO[Si](C)(CCC(F)(F)F)OC. The van der Waals surface area contributed by atoms with Gasteiger partial charge in [-0.25, -0.2) is 0 Å². The fourth-order valence-electron chi connectivity index (χ4n) is 1.46. The maximum atomic E-state index is 11.8. The molecule has 0 aliphatic heterocycles. The number of halogens is 6. The lowest BCUT2D eigenvalue weighted by atomic mass is 10.5. The number of hydrogen-bond acceptors (Lipinski definition) is 4. The van der Waals surface area contributed by atoms with Crippen LogP contribution in [0.4, 0.5) is 26.3 Å². The van der Waals surface area contributed by atoms with E-state index in [-0.39, 0.29) is 18.0 Å². The first kappa shape index (κ1) is 26.1. The summed E-state index contributed by atoms with van der Waals surface area (Å²) >= 11 is 0. The average molecular weight is 404 g/mol. The molecule has 0 aliphatic carbocycles. The van der Waals surface area contributed by atoms with Crippen molar-refractivity contribution in [3.05, 3.63) is 0 Å². The summed E-state index contributed by atoms with van der Waals surface area (Å²) in [7, 11) is 2.19. The second-order valence-electron chi connectivity index (χ2n) is 5.07. The highest BCUT2D eigenvalue weighted by Crippen LogP contribution is 2.26. The minimum atomic E-state index is -4.12. The predicted molar refractivity (Wildman–Crippen MR) is 82.9 cm³/mol. The van der Waals surface area contributed by atoms with Gasteiger partial charge in [0.1, 0.15) is 5.91 Å². The molecule has 0 saturated heterocycles. The van der Waals surface area contributed by atoms with Gasteiger partial charge in [-0.3, -0.25) is 0 Å². The molecule has 0 rings (SSSR count). The molecule has 4 nitrogen and oxygen atoms in total. The molecular weight excluding hydrogens is 378 g/mol. The number of ether oxygens (including phenoxy) is 2. The molecule has 12 heteroatoms. The molecule has 0 amide bonds. The number of rotatable bonds is 9. The third kappa shape index (κ3) is 16.7. The lowest BCUT2D eigenvalue weighted by Gasteiger charge is -2.22. The first-order chi connectivity index (χ1) is 10.8. The number of alkyl halides is 6. The Balaban J connectivity index is 0. The minimum absolute atomic E-state index is 0.0521. The van der Waals surface area contributed by atoms with Crippen molar-refractivity contribution in [3.8, 4) is 0 Å². The Kier molecular flexibility index (Phi) is 13.3. The van der Waals surface area contributed by atoms with Gasteiger partial charge in [0.2, 0.25) is 0 Å². The van der Waals surface area contributed by atoms with Crippen LogP contribution in [0, 0.1) is 0 Å². The lowest BCUT2D eigenvalue weighted by molar-refractivity contribution is -0.132. The zero-order chi connectivity index (χ0) is 19.4. The molecule has 0 spiro atoms. The first-order valence-electron chi connectivity index (χ1n) is 7.12. The van der Waals surface area contributed by atoms with Gasteiger partial charge in [0.05, 0.1) is 9.52 Å². The van der Waals surface area contributed by atoms with E-state index in [9.17, 15) is 26.3 Å². The second kappa shape index (κ2) is 12.2. The van der Waals surface area contributed by atoms with Gasteiger partial charge in [0.25, 0.3) is 0 Å². The van der Waals surface area contributed by atoms with Crippen molar-refractivity contribution in [1.29, 1.82) is 0 Å². The summed E-state index contributed by atoms with van der Waals surface area (Å²) in [5.41, 5.74) is 0. The summed E-state index contributed by atoms with van der Waals surface area (Å²) in [5, 5.41) is 0. The van der Waals surface area contributed by atoms with Crippen LogP contribution in [0.2, 0.25) is 18.6 Å². The molecule has 0 heterocycles. The summed E-state index contributed by atoms with van der Waals surface area (Å²) in [5.74, 6) is -0.382. The Labute approximate surface area is 141 Å². The van der Waals surface area contributed by atoms with E-state index in [1.165, 1.54) is 28.4 Å². The highest BCUT2D eigenvalue weighted by molar-refractivity contribution is 6.65. The van der Waals surface area contributed by atoms with Crippen LogP contribution in [-0.2, 0) is 18.3 Å². The van der Waals surface area contributed by atoms with Crippen LogP contribution in [0.25, 0.3) is 0 Å². The molecule has 0 aromatic carbocycles. The monoisotopic (exact) mass is 404 g/mol. The average Bonchev–Trinajstić information content (AvgIpc) is 2.48. The maximum absolute atomic E-state index is 11.8. The quantitative estimate of drug-likeness (QED) is 0.335. The summed E-state index contributed by atoms with van der Waals surface area (Å²) < 4.78 is 89.6. The predicted octanol–water partition coefficient (Wildman–Crippen LogP) is 3.41. The third-order valence-corrected chi connectivity index (χ3v) is 7.94. The molecule has 0 aliphatic rings. The zero-order valence-corrected chi connectivity index (χ0v) is 16.9. The van der Waals surface area contributed by atoms with Gasteiger partial charge in [-0.2, -0.15) is 26.3 Å². The Bertz CT molecular complexity index is 307. The van der Waals surface area contributed by atoms with E-state index >= 15 is 0 Å². The molecule has 0 fully saturated rings. The van der Waals surface area contributed by atoms with Crippen molar-refractivity contribution in [2.45, 2.75) is 49.7 Å². The molecular formula is C12H26F6O4Si2. The van der Waals surface area contributed by atoms with Crippen molar-refractivity contribution in [2.75, 3.05) is 28.4 Å². The van der Waals surface area contributed by atoms with E-state index < -0.39 is 43.3 Å². The Morgan fingerprint density at radius 3 is 1.54 bits per heavy atom. The van der Waals surface area contributed by atoms with E-state index in [1.807, 2.05) is 0 Å². The number of hydrogen-bond donors (Lipinski definition) is 0. The van der Waals surface area contributed by atoms with E-state index in [0.29, 0.717) is 0 Å².